The van der Waals surface area contributed by atoms with Gasteiger partial charge in [-0.2, -0.15) is 0 Å². The number of aliphatic hydroxyl groups is 1. The third-order valence-electron chi connectivity index (χ3n) is 4.99. The molecule has 28 heavy (non-hydrogen) atoms. The Morgan fingerprint density at radius 3 is 2.54 bits per heavy atom. The van der Waals surface area contributed by atoms with Crippen molar-refractivity contribution in [2.24, 2.45) is 11.8 Å². The molecule has 1 aromatic carbocycles. The number of carbonyl (C=O) groups is 2. The molecule has 154 valence electrons. The van der Waals surface area contributed by atoms with Crippen LogP contribution < -0.4 is 0 Å². The average molecular weight is 387 g/mol. The lowest BCUT2D eigenvalue weighted by atomic mass is 9.89. The van der Waals surface area contributed by atoms with Crippen LogP contribution >= 0.6 is 0 Å². The number of methoxy groups -OCH3 is 1. The van der Waals surface area contributed by atoms with Gasteiger partial charge in [-0.15, -0.1) is 6.58 Å². The first kappa shape index (κ1) is 23.8. The maximum absolute atomic E-state index is 12.1. The van der Waals surface area contributed by atoms with Crippen molar-refractivity contribution in [1.29, 1.82) is 0 Å². The smallest absolute Gasteiger partial charge is 0.305 e. The Balaban J connectivity index is 0.000000892. The van der Waals surface area contributed by atoms with Crippen molar-refractivity contribution in [3.05, 3.63) is 54.6 Å². The topological polar surface area (TPSA) is 63.6 Å². The Morgan fingerprint density at radius 2 is 1.89 bits per heavy atom. The fourth-order valence-corrected chi connectivity index (χ4v) is 3.43. The highest BCUT2D eigenvalue weighted by Gasteiger charge is 2.32. The van der Waals surface area contributed by atoms with Crippen LogP contribution in [-0.2, 0) is 14.3 Å². The van der Waals surface area contributed by atoms with Gasteiger partial charge in [0.05, 0.1) is 13.7 Å². The van der Waals surface area contributed by atoms with Crippen LogP contribution in [0, 0.1) is 11.8 Å². The molecule has 0 aromatic heterocycles. The Hall–Kier alpha value is -2.20. The van der Waals surface area contributed by atoms with E-state index >= 15 is 0 Å². The van der Waals surface area contributed by atoms with E-state index in [0.717, 1.165) is 44.9 Å². The minimum atomic E-state index is -0.132. The zero-order valence-corrected chi connectivity index (χ0v) is 17.0. The lowest BCUT2D eigenvalue weighted by Crippen LogP contribution is -2.13. The van der Waals surface area contributed by atoms with Crippen LogP contribution in [0.5, 0.6) is 0 Å². The van der Waals surface area contributed by atoms with Crippen LogP contribution in [-0.4, -0.2) is 30.6 Å². The summed E-state index contributed by atoms with van der Waals surface area (Å²) in [6.45, 7) is 3.31. The van der Waals surface area contributed by atoms with Crippen molar-refractivity contribution >= 4 is 17.8 Å². The van der Waals surface area contributed by atoms with E-state index in [0.29, 0.717) is 18.1 Å². The molecular formula is C24H34O4. The van der Waals surface area contributed by atoms with Gasteiger partial charge in [-0.25, -0.2) is 0 Å². The van der Waals surface area contributed by atoms with Crippen LogP contribution in [0.4, 0.5) is 0 Å². The fourth-order valence-electron chi connectivity index (χ4n) is 3.43. The van der Waals surface area contributed by atoms with Crippen molar-refractivity contribution in [3.63, 3.8) is 0 Å². The maximum Gasteiger partial charge on any atom is 0.305 e. The quantitative estimate of drug-likeness (QED) is 0.350. The first-order valence-corrected chi connectivity index (χ1v) is 10.2. The number of allylic oxidation sites excluding steroid dienone is 1. The van der Waals surface area contributed by atoms with Crippen molar-refractivity contribution in [2.75, 3.05) is 13.7 Å². The van der Waals surface area contributed by atoms with Gasteiger partial charge in [0, 0.05) is 18.8 Å². The van der Waals surface area contributed by atoms with Crippen molar-refractivity contribution in [2.45, 2.75) is 51.4 Å². The molecule has 1 N–H and O–H groups in total. The minimum Gasteiger partial charge on any atom is -0.469 e. The summed E-state index contributed by atoms with van der Waals surface area (Å²) in [5.74, 6) is 0.859. The molecular weight excluding hydrogens is 352 g/mol. The van der Waals surface area contributed by atoms with E-state index in [-0.39, 0.29) is 18.5 Å². The third kappa shape index (κ3) is 9.65. The van der Waals surface area contributed by atoms with Crippen LogP contribution in [0.2, 0.25) is 0 Å². The molecule has 1 fully saturated rings. The molecule has 0 saturated heterocycles. The van der Waals surface area contributed by atoms with Gasteiger partial charge in [0.25, 0.3) is 0 Å². The monoisotopic (exact) mass is 386 g/mol. The number of carbonyl (C=O) groups excluding carboxylic acids is 2. The van der Waals surface area contributed by atoms with Gasteiger partial charge < -0.3 is 9.84 Å². The summed E-state index contributed by atoms with van der Waals surface area (Å²) >= 11 is 0. The molecule has 0 radical (unpaired) electrons. The molecule has 1 aliphatic carbocycles. The highest BCUT2D eigenvalue weighted by molar-refractivity contribution is 5.83. The summed E-state index contributed by atoms with van der Waals surface area (Å²) in [6.07, 6.45) is 13.0. The number of Topliss-reactive ketones (excluding diaryl/α,β-unsaturated/α-hetero) is 1. The molecule has 2 atom stereocenters. The van der Waals surface area contributed by atoms with Gasteiger partial charge >= 0.3 is 5.97 Å². The van der Waals surface area contributed by atoms with Crippen molar-refractivity contribution in [1.82, 2.24) is 0 Å². The molecule has 0 bridgehead atoms. The van der Waals surface area contributed by atoms with Crippen molar-refractivity contribution in [3.8, 4) is 0 Å². The van der Waals surface area contributed by atoms with Gasteiger partial charge in [-0.1, -0.05) is 67.8 Å². The number of ketones is 1. The van der Waals surface area contributed by atoms with Gasteiger partial charge in [0.1, 0.15) is 5.78 Å². The number of hydrogen-bond acceptors (Lipinski definition) is 4. The Morgan fingerprint density at radius 1 is 1.21 bits per heavy atom. The molecule has 4 nitrogen and oxygen atoms in total. The molecule has 0 spiro atoms. The number of esters is 1. The SMILES string of the molecule is C=CCO.COC(=O)CCCCCC[C@H]1C(=O)CC[C@@H]1/C=C/c1ccccc1. The van der Waals surface area contributed by atoms with Crippen molar-refractivity contribution < 1.29 is 19.4 Å². The second kappa shape index (κ2) is 14.8. The number of rotatable bonds is 10. The van der Waals surface area contributed by atoms with Crippen LogP contribution in [0.1, 0.15) is 56.9 Å². The first-order chi connectivity index (χ1) is 13.6. The zero-order valence-electron chi connectivity index (χ0n) is 17.0. The molecule has 2 rings (SSSR count). The molecule has 0 heterocycles. The highest BCUT2D eigenvalue weighted by Crippen LogP contribution is 2.34. The largest absolute Gasteiger partial charge is 0.469 e. The number of ether oxygens (including phenoxy) is 1. The normalized spacial score (nSPS) is 18.6. The summed E-state index contributed by atoms with van der Waals surface area (Å²) in [6, 6.07) is 10.3. The van der Waals surface area contributed by atoms with E-state index in [1.54, 1.807) is 0 Å². The molecule has 1 aromatic rings. The van der Waals surface area contributed by atoms with Gasteiger partial charge in [-0.05, 0) is 30.7 Å². The minimum absolute atomic E-state index is 0.0833. The summed E-state index contributed by atoms with van der Waals surface area (Å²) in [5, 5.41) is 7.76. The van der Waals surface area contributed by atoms with Crippen LogP contribution in [0.25, 0.3) is 6.08 Å². The molecule has 0 amide bonds. The second-order valence-corrected chi connectivity index (χ2v) is 7.05. The molecule has 0 unspecified atom stereocenters. The van der Waals surface area contributed by atoms with E-state index in [1.165, 1.54) is 18.7 Å². The van der Waals surface area contributed by atoms with E-state index < -0.39 is 0 Å². The maximum atomic E-state index is 12.1. The summed E-state index contributed by atoms with van der Waals surface area (Å²) in [7, 11) is 1.43. The van der Waals surface area contributed by atoms with E-state index in [4.69, 9.17) is 5.11 Å². The predicted octanol–water partition coefficient (Wildman–Crippen LogP) is 4.97. The van der Waals surface area contributed by atoms with E-state index in [2.05, 4.69) is 35.6 Å². The highest BCUT2D eigenvalue weighted by atomic mass is 16.5. The Labute approximate surface area is 169 Å². The molecule has 1 saturated carbocycles. The molecule has 1 aliphatic rings. The standard InChI is InChI=1S/C21H28O3.C3H6O/c1-24-21(23)12-8-3-2-7-11-19-18(15-16-20(19)22)14-13-17-9-5-4-6-10-17;1-2-3-4/h4-6,9-10,13-14,18-19H,2-3,7-8,11-12,15-16H2,1H3;2,4H,1,3H2/b14-13+;/t18-,19+;/m0./s1. The molecule has 4 heteroatoms. The number of aliphatic hydroxyl groups excluding tert-OH is 1. The zero-order chi connectivity index (χ0) is 20.6. The Bertz CT molecular complexity index is 606. The Kier molecular flexibility index (Phi) is 12.6. The van der Waals surface area contributed by atoms with Crippen LogP contribution in [0.15, 0.2) is 49.1 Å². The van der Waals surface area contributed by atoms with E-state index in [1.807, 2.05) is 18.2 Å². The van der Waals surface area contributed by atoms with E-state index in [9.17, 15) is 9.59 Å². The predicted molar refractivity (Wildman–Crippen MR) is 114 cm³/mol. The van der Waals surface area contributed by atoms with Gasteiger partial charge in [-0.3, -0.25) is 9.59 Å². The van der Waals surface area contributed by atoms with Gasteiger partial charge in [0.2, 0.25) is 0 Å². The number of hydrogen-bond donors (Lipinski definition) is 1. The number of benzene rings is 1. The summed E-state index contributed by atoms with van der Waals surface area (Å²) < 4.78 is 4.64. The second-order valence-electron chi connectivity index (χ2n) is 7.05. The van der Waals surface area contributed by atoms with Gasteiger partial charge in [0.15, 0.2) is 0 Å². The molecule has 0 aliphatic heterocycles. The summed E-state index contributed by atoms with van der Waals surface area (Å²) in [4.78, 5) is 23.2. The third-order valence-corrected chi connectivity index (χ3v) is 4.99. The lowest BCUT2D eigenvalue weighted by Gasteiger charge is -2.14. The number of unbranched alkanes of at least 4 members (excludes halogenated alkanes) is 3. The fraction of sp³-hybridized carbons (Fsp3) is 0.500. The van der Waals surface area contributed by atoms with Crippen LogP contribution in [0.3, 0.4) is 0 Å². The first-order valence-electron chi connectivity index (χ1n) is 10.2. The lowest BCUT2D eigenvalue weighted by molar-refractivity contribution is -0.140. The summed E-state index contributed by atoms with van der Waals surface area (Å²) in [5.41, 5.74) is 1.19. The average Bonchev–Trinajstić information content (AvgIpc) is 3.09.